The summed E-state index contributed by atoms with van der Waals surface area (Å²) in [5.74, 6) is -2.19. The fourth-order valence-corrected chi connectivity index (χ4v) is 4.23. The van der Waals surface area contributed by atoms with Crippen molar-refractivity contribution in [1.29, 1.82) is 0 Å². The van der Waals surface area contributed by atoms with Gasteiger partial charge in [-0.2, -0.15) is 0 Å². The zero-order chi connectivity index (χ0) is 33.8. The lowest BCUT2D eigenvalue weighted by atomic mass is 10.3. The molecule has 1 heterocycles. The summed E-state index contributed by atoms with van der Waals surface area (Å²) in [6, 6.07) is -2.03. The Kier molecular flexibility index (Phi) is 19.6. The van der Waals surface area contributed by atoms with E-state index in [1.165, 1.54) is 0 Å². The Morgan fingerprint density at radius 3 is 1.07 bits per heavy atom. The number of nitrogens with zero attached hydrogens (tertiary/aromatic N) is 3. The van der Waals surface area contributed by atoms with Gasteiger partial charge in [-0.3, -0.25) is 44.7 Å². The highest BCUT2D eigenvalue weighted by Crippen LogP contribution is 2.01. The van der Waals surface area contributed by atoms with Gasteiger partial charge < -0.3 is 34.2 Å². The molecule has 1 fully saturated rings. The van der Waals surface area contributed by atoms with E-state index in [1.807, 2.05) is 0 Å². The normalized spacial score (nSPS) is 16.8. The van der Waals surface area contributed by atoms with Gasteiger partial charge in [0.2, 0.25) is 17.7 Å². The third-order valence-electron chi connectivity index (χ3n) is 7.05. The van der Waals surface area contributed by atoms with E-state index in [2.05, 4.69) is 21.3 Å². The Hall–Kier alpha value is -3.34. The molecule has 0 spiro atoms. The molecule has 0 aromatic carbocycles. The van der Waals surface area contributed by atoms with Gasteiger partial charge in [-0.05, 0) is 41.5 Å². The van der Waals surface area contributed by atoms with Gasteiger partial charge >= 0.3 is 17.9 Å². The van der Waals surface area contributed by atoms with Crippen molar-refractivity contribution < 1.29 is 43.0 Å². The Morgan fingerprint density at radius 2 is 0.800 bits per heavy atom. The van der Waals surface area contributed by atoms with Crippen LogP contribution in [0.3, 0.4) is 0 Å². The molecular formula is C29H53N7O9. The molecule has 258 valence electrons. The zero-order valence-corrected chi connectivity index (χ0v) is 27.6. The second-order valence-electron chi connectivity index (χ2n) is 10.5. The number of esters is 3. The third-order valence-corrected chi connectivity index (χ3v) is 7.05. The van der Waals surface area contributed by atoms with Crippen molar-refractivity contribution in [2.75, 3.05) is 91.8 Å². The number of hydrogen-bond donors (Lipinski definition) is 4. The summed E-state index contributed by atoms with van der Waals surface area (Å²) >= 11 is 0. The van der Waals surface area contributed by atoms with Crippen molar-refractivity contribution in [2.45, 2.75) is 59.7 Å². The van der Waals surface area contributed by atoms with Crippen LogP contribution in [0.15, 0.2) is 0 Å². The number of amides is 3. The van der Waals surface area contributed by atoms with Gasteiger partial charge in [0, 0.05) is 52.4 Å². The van der Waals surface area contributed by atoms with Gasteiger partial charge in [0.25, 0.3) is 0 Å². The fourth-order valence-electron chi connectivity index (χ4n) is 4.23. The van der Waals surface area contributed by atoms with Crippen LogP contribution < -0.4 is 21.3 Å². The van der Waals surface area contributed by atoms with Crippen molar-refractivity contribution >= 4 is 35.6 Å². The maximum absolute atomic E-state index is 13.3. The molecule has 0 saturated carbocycles. The second kappa shape index (κ2) is 22.2. The van der Waals surface area contributed by atoms with Gasteiger partial charge in [-0.15, -0.1) is 0 Å². The highest BCUT2D eigenvalue weighted by Gasteiger charge is 2.24. The van der Waals surface area contributed by atoms with Gasteiger partial charge in [0.05, 0.1) is 39.5 Å². The van der Waals surface area contributed by atoms with E-state index in [0.717, 1.165) is 0 Å². The van der Waals surface area contributed by atoms with Crippen LogP contribution in [0.2, 0.25) is 0 Å². The highest BCUT2D eigenvalue weighted by atomic mass is 16.5. The molecule has 0 bridgehead atoms. The number of carbonyl (C=O) groups excluding carboxylic acids is 6. The van der Waals surface area contributed by atoms with Crippen LogP contribution in [-0.4, -0.2) is 160 Å². The molecule has 45 heavy (non-hydrogen) atoms. The minimum absolute atomic E-state index is 0.0912. The first-order valence-electron chi connectivity index (χ1n) is 15.7. The predicted molar refractivity (Wildman–Crippen MR) is 165 cm³/mol. The summed E-state index contributed by atoms with van der Waals surface area (Å²) in [7, 11) is 0. The zero-order valence-electron chi connectivity index (χ0n) is 27.6. The molecule has 1 rings (SSSR count). The monoisotopic (exact) mass is 643 g/mol. The highest BCUT2D eigenvalue weighted by molar-refractivity contribution is 5.82. The number of nitrogens with one attached hydrogen (secondary N) is 4. The van der Waals surface area contributed by atoms with Gasteiger partial charge in [-0.25, -0.2) is 0 Å². The second-order valence-corrected chi connectivity index (χ2v) is 10.5. The summed E-state index contributed by atoms with van der Waals surface area (Å²) in [4.78, 5) is 80.2. The minimum atomic E-state index is -0.705. The average Bonchev–Trinajstić information content (AvgIpc) is 3.01. The van der Waals surface area contributed by atoms with Crippen molar-refractivity contribution in [3.8, 4) is 0 Å². The van der Waals surface area contributed by atoms with Crippen LogP contribution in [0.5, 0.6) is 0 Å². The molecule has 1 aliphatic rings. The summed E-state index contributed by atoms with van der Waals surface area (Å²) in [5.41, 5.74) is 0. The van der Waals surface area contributed by atoms with E-state index < -0.39 is 36.0 Å². The molecular weight excluding hydrogens is 590 g/mol. The van der Waals surface area contributed by atoms with Crippen molar-refractivity contribution in [3.05, 3.63) is 0 Å². The Balaban J connectivity index is 2.98. The molecule has 0 unspecified atom stereocenters. The Bertz CT molecular complexity index is 914. The summed E-state index contributed by atoms with van der Waals surface area (Å²) in [6.45, 7) is 12.6. The first-order valence-corrected chi connectivity index (χ1v) is 15.7. The van der Waals surface area contributed by atoms with E-state index >= 15 is 0 Å². The minimum Gasteiger partial charge on any atom is -0.465 e. The van der Waals surface area contributed by atoms with Crippen molar-refractivity contribution in [1.82, 2.24) is 36.0 Å². The molecule has 16 nitrogen and oxygen atoms in total. The molecule has 0 aromatic rings. The third kappa shape index (κ3) is 15.5. The van der Waals surface area contributed by atoms with Gasteiger partial charge in [0.1, 0.15) is 18.1 Å². The summed E-state index contributed by atoms with van der Waals surface area (Å²) < 4.78 is 15.0. The summed E-state index contributed by atoms with van der Waals surface area (Å²) in [6.07, 6.45) is 0. The van der Waals surface area contributed by atoms with E-state index in [4.69, 9.17) is 14.2 Å². The topological polar surface area (TPSA) is 188 Å². The van der Waals surface area contributed by atoms with Crippen LogP contribution in [0, 0.1) is 0 Å². The number of hydrogen-bond acceptors (Lipinski definition) is 13. The molecule has 1 saturated heterocycles. The average molecular weight is 644 g/mol. The van der Waals surface area contributed by atoms with Gasteiger partial charge in [0.15, 0.2) is 0 Å². The molecule has 0 aromatic heterocycles. The Labute approximate surface area is 266 Å². The van der Waals surface area contributed by atoms with Crippen LogP contribution >= 0.6 is 0 Å². The first-order chi connectivity index (χ1) is 21.4. The van der Waals surface area contributed by atoms with Crippen LogP contribution in [0.4, 0.5) is 0 Å². The van der Waals surface area contributed by atoms with Crippen LogP contribution in [-0.2, 0) is 43.0 Å². The summed E-state index contributed by atoms with van der Waals surface area (Å²) in [5, 5.41) is 11.9. The molecule has 3 amide bonds. The number of rotatable bonds is 15. The SMILES string of the molecule is CCOC(=O)[C@H](C)NCC(=O)N1CCNCCN(C(=O)CN[C@@H](C)C(=O)OCC)CCN(C(=O)CN[C@@H](C)C(=O)OCC)CC1. The van der Waals surface area contributed by atoms with E-state index in [-0.39, 0.29) is 83.4 Å². The maximum Gasteiger partial charge on any atom is 0.322 e. The van der Waals surface area contributed by atoms with E-state index in [0.29, 0.717) is 26.2 Å². The molecule has 4 N–H and O–H groups in total. The number of ether oxygens (including phenoxy) is 3. The standard InChI is InChI=1S/C29H53N7O9/c1-7-43-27(40)21(4)31-18-24(37)34-12-10-30-11-13-35(25(38)19-32-22(5)28(41)44-8-2)15-17-36(16-14-34)26(39)20-33-23(6)29(42)45-9-3/h21-23,30-33H,7-20H2,1-6H3/t21-,22-,23-/m0/s1. The molecule has 0 aliphatic carbocycles. The van der Waals surface area contributed by atoms with E-state index in [1.54, 1.807) is 56.2 Å². The first kappa shape index (κ1) is 39.7. The fraction of sp³-hybridized carbons (Fsp3) is 0.793. The smallest absolute Gasteiger partial charge is 0.322 e. The molecule has 16 heteroatoms. The van der Waals surface area contributed by atoms with Crippen molar-refractivity contribution in [2.24, 2.45) is 0 Å². The number of carbonyl (C=O) groups is 6. The van der Waals surface area contributed by atoms with Gasteiger partial charge in [-0.1, -0.05) is 0 Å². The lowest BCUT2D eigenvalue weighted by molar-refractivity contribution is -0.146. The Morgan fingerprint density at radius 1 is 0.533 bits per heavy atom. The lowest BCUT2D eigenvalue weighted by Gasteiger charge is -2.32. The largest absolute Gasteiger partial charge is 0.465 e. The predicted octanol–water partition coefficient (Wildman–Crippen LogP) is -2.30. The van der Waals surface area contributed by atoms with Crippen LogP contribution in [0.25, 0.3) is 0 Å². The molecule has 3 atom stereocenters. The quantitative estimate of drug-likeness (QED) is 0.110. The molecule has 1 aliphatic heterocycles. The lowest BCUT2D eigenvalue weighted by Crippen LogP contribution is -2.53. The maximum atomic E-state index is 13.3. The van der Waals surface area contributed by atoms with Crippen molar-refractivity contribution in [3.63, 3.8) is 0 Å². The molecule has 0 radical (unpaired) electrons. The van der Waals surface area contributed by atoms with Crippen LogP contribution in [0.1, 0.15) is 41.5 Å². The van der Waals surface area contributed by atoms with E-state index in [9.17, 15) is 28.8 Å².